The monoisotopic (exact) mass is 448 g/mol. The molecule has 1 aliphatic heterocycles. The van der Waals surface area contributed by atoms with Gasteiger partial charge in [0.15, 0.2) is 22.5 Å². The van der Waals surface area contributed by atoms with Crippen molar-refractivity contribution in [2.75, 3.05) is 17.9 Å². The largest absolute Gasteiger partial charge is 0.507 e. The number of nitrogens with one attached hydrogen (secondary N) is 1. The van der Waals surface area contributed by atoms with Crippen LogP contribution in [-0.2, 0) is 11.3 Å². The van der Waals surface area contributed by atoms with Crippen molar-refractivity contribution in [2.45, 2.75) is 18.6 Å². The van der Waals surface area contributed by atoms with Crippen LogP contribution >= 0.6 is 11.8 Å². The molecule has 0 bridgehead atoms. The topological polar surface area (TPSA) is 98.5 Å². The Bertz CT molecular complexity index is 1320. The molecular weight excluding hydrogens is 428 g/mol. The number of hydrogen-bond donors (Lipinski definition) is 2. The van der Waals surface area contributed by atoms with Crippen LogP contribution < -0.4 is 14.8 Å². The zero-order valence-corrected chi connectivity index (χ0v) is 18.1. The van der Waals surface area contributed by atoms with Crippen LogP contribution in [0, 0.1) is 0 Å². The number of benzene rings is 3. The summed E-state index contributed by atoms with van der Waals surface area (Å²) < 4.78 is 12.5. The molecule has 1 aliphatic rings. The fraction of sp³-hybridized carbons (Fsp3) is 0.174. The lowest BCUT2D eigenvalue weighted by molar-refractivity contribution is -0.113. The number of aromatic hydroxyl groups is 1. The average Bonchev–Trinajstić information content (AvgIpc) is 3.43. The lowest BCUT2D eigenvalue weighted by atomic mass is 10.1. The van der Waals surface area contributed by atoms with E-state index in [4.69, 9.17) is 9.47 Å². The fourth-order valence-electron chi connectivity index (χ4n) is 3.59. The number of thioether (sulfide) groups is 1. The SMILES string of the molecule is CCn1c(SCC(=O)Nc2ccc3c(c2)OCO3)nnc1-c1cc2ccccc2cc1O. The molecule has 0 atom stereocenters. The normalized spacial score (nSPS) is 12.3. The zero-order chi connectivity index (χ0) is 22.1. The number of aromatic nitrogens is 3. The van der Waals surface area contributed by atoms with Crippen LogP contribution in [0.4, 0.5) is 5.69 Å². The highest BCUT2D eigenvalue weighted by molar-refractivity contribution is 7.99. The summed E-state index contributed by atoms with van der Waals surface area (Å²) in [6, 6.07) is 16.7. The number of carbonyl (C=O) groups excluding carboxylic acids is 1. The molecule has 162 valence electrons. The van der Waals surface area contributed by atoms with Crippen LogP contribution in [-0.4, -0.2) is 38.3 Å². The molecule has 0 aliphatic carbocycles. The molecule has 5 rings (SSSR count). The smallest absolute Gasteiger partial charge is 0.234 e. The van der Waals surface area contributed by atoms with Crippen molar-refractivity contribution in [3.05, 3.63) is 54.6 Å². The number of fused-ring (bicyclic) bond motifs is 2. The van der Waals surface area contributed by atoms with E-state index in [-0.39, 0.29) is 24.2 Å². The van der Waals surface area contributed by atoms with Gasteiger partial charge in [-0.3, -0.25) is 4.79 Å². The van der Waals surface area contributed by atoms with Gasteiger partial charge in [-0.05, 0) is 42.0 Å². The lowest BCUT2D eigenvalue weighted by Gasteiger charge is -2.10. The van der Waals surface area contributed by atoms with Gasteiger partial charge in [-0.25, -0.2) is 0 Å². The first-order chi connectivity index (χ1) is 15.6. The number of phenolic OH excluding ortho intramolecular Hbond substituents is 1. The first-order valence-corrected chi connectivity index (χ1v) is 11.1. The summed E-state index contributed by atoms with van der Waals surface area (Å²) >= 11 is 1.29. The van der Waals surface area contributed by atoms with Gasteiger partial charge in [-0.1, -0.05) is 36.0 Å². The van der Waals surface area contributed by atoms with Gasteiger partial charge in [-0.15, -0.1) is 10.2 Å². The molecule has 0 radical (unpaired) electrons. The molecule has 32 heavy (non-hydrogen) atoms. The summed E-state index contributed by atoms with van der Waals surface area (Å²) in [7, 11) is 0. The van der Waals surface area contributed by atoms with E-state index in [1.807, 2.05) is 41.8 Å². The van der Waals surface area contributed by atoms with Crippen molar-refractivity contribution in [3.8, 4) is 28.6 Å². The third kappa shape index (κ3) is 3.82. The summed E-state index contributed by atoms with van der Waals surface area (Å²) in [6.07, 6.45) is 0. The van der Waals surface area contributed by atoms with E-state index in [1.165, 1.54) is 11.8 Å². The van der Waals surface area contributed by atoms with E-state index in [0.717, 1.165) is 10.8 Å². The Morgan fingerprint density at radius 1 is 1.09 bits per heavy atom. The van der Waals surface area contributed by atoms with Crippen LogP contribution in [0.1, 0.15) is 6.92 Å². The number of hydrogen-bond acceptors (Lipinski definition) is 7. The lowest BCUT2D eigenvalue weighted by Crippen LogP contribution is -2.14. The van der Waals surface area contributed by atoms with Gasteiger partial charge < -0.3 is 24.5 Å². The van der Waals surface area contributed by atoms with E-state index in [0.29, 0.717) is 40.3 Å². The third-order valence-electron chi connectivity index (χ3n) is 5.13. The Labute approximate surface area is 188 Å². The van der Waals surface area contributed by atoms with Gasteiger partial charge in [0, 0.05) is 18.3 Å². The second-order valence-corrected chi connectivity index (χ2v) is 8.11. The number of carbonyl (C=O) groups is 1. The van der Waals surface area contributed by atoms with Crippen LogP contribution in [0.2, 0.25) is 0 Å². The van der Waals surface area contributed by atoms with Gasteiger partial charge in [0.05, 0.1) is 11.3 Å². The van der Waals surface area contributed by atoms with Crippen LogP contribution in [0.25, 0.3) is 22.2 Å². The maximum Gasteiger partial charge on any atom is 0.234 e. The molecule has 2 N–H and O–H groups in total. The van der Waals surface area contributed by atoms with Crippen molar-refractivity contribution in [2.24, 2.45) is 0 Å². The Morgan fingerprint density at radius 3 is 2.69 bits per heavy atom. The molecule has 3 aromatic carbocycles. The molecule has 0 unspecified atom stereocenters. The molecule has 4 aromatic rings. The third-order valence-corrected chi connectivity index (χ3v) is 6.09. The van der Waals surface area contributed by atoms with Gasteiger partial charge in [0.1, 0.15) is 5.75 Å². The molecule has 9 heteroatoms. The summed E-state index contributed by atoms with van der Waals surface area (Å²) in [5.41, 5.74) is 1.24. The van der Waals surface area contributed by atoms with Crippen molar-refractivity contribution in [1.29, 1.82) is 0 Å². The average molecular weight is 449 g/mol. The van der Waals surface area contributed by atoms with Crippen LogP contribution in [0.3, 0.4) is 0 Å². The minimum Gasteiger partial charge on any atom is -0.507 e. The number of anilines is 1. The number of phenols is 1. The number of rotatable bonds is 6. The summed E-state index contributed by atoms with van der Waals surface area (Å²) in [5.74, 6) is 1.97. The summed E-state index contributed by atoms with van der Waals surface area (Å²) in [4.78, 5) is 12.5. The molecule has 1 amide bonds. The Hall–Kier alpha value is -3.72. The Kier molecular flexibility index (Phi) is 5.32. The second-order valence-electron chi connectivity index (χ2n) is 7.17. The van der Waals surface area contributed by atoms with E-state index < -0.39 is 0 Å². The van der Waals surface area contributed by atoms with Crippen molar-refractivity contribution < 1.29 is 19.4 Å². The van der Waals surface area contributed by atoms with Crippen LogP contribution in [0.5, 0.6) is 17.2 Å². The van der Waals surface area contributed by atoms with E-state index >= 15 is 0 Å². The van der Waals surface area contributed by atoms with E-state index in [2.05, 4.69) is 15.5 Å². The van der Waals surface area contributed by atoms with Gasteiger partial charge in [-0.2, -0.15) is 0 Å². The quantitative estimate of drug-likeness (QED) is 0.425. The minimum atomic E-state index is -0.172. The molecule has 2 heterocycles. The standard InChI is InChI=1S/C23H20N4O4S/c1-2-27-22(17-9-14-5-3-4-6-15(14)10-18(17)28)25-26-23(27)32-12-21(29)24-16-7-8-19-20(11-16)31-13-30-19/h3-11,28H,2,12-13H2,1H3,(H,24,29). The first kappa shape index (κ1) is 20.2. The predicted octanol–water partition coefficient (Wildman–Crippen LogP) is 4.28. The van der Waals surface area contributed by atoms with Crippen LogP contribution in [0.15, 0.2) is 59.8 Å². The van der Waals surface area contributed by atoms with Gasteiger partial charge in [0.2, 0.25) is 12.7 Å². The molecule has 0 saturated heterocycles. The molecule has 0 saturated carbocycles. The highest BCUT2D eigenvalue weighted by Crippen LogP contribution is 2.35. The maximum absolute atomic E-state index is 12.5. The molecule has 0 spiro atoms. The number of amides is 1. The highest BCUT2D eigenvalue weighted by atomic mass is 32.2. The first-order valence-electron chi connectivity index (χ1n) is 10.1. The highest BCUT2D eigenvalue weighted by Gasteiger charge is 2.18. The van der Waals surface area contributed by atoms with Crippen molar-refractivity contribution >= 4 is 34.1 Å². The van der Waals surface area contributed by atoms with Crippen molar-refractivity contribution in [3.63, 3.8) is 0 Å². The summed E-state index contributed by atoms with van der Waals surface area (Å²) in [5, 5.41) is 24.5. The molecule has 1 aromatic heterocycles. The summed E-state index contributed by atoms with van der Waals surface area (Å²) in [6.45, 7) is 2.76. The van der Waals surface area contributed by atoms with Gasteiger partial charge >= 0.3 is 0 Å². The minimum absolute atomic E-state index is 0.142. The Balaban J connectivity index is 1.32. The van der Waals surface area contributed by atoms with E-state index in [1.54, 1.807) is 24.3 Å². The molecular formula is C23H20N4O4S. The fourth-order valence-corrected chi connectivity index (χ4v) is 4.39. The molecule has 0 fully saturated rings. The van der Waals surface area contributed by atoms with Gasteiger partial charge in [0.25, 0.3) is 0 Å². The predicted molar refractivity (Wildman–Crippen MR) is 122 cm³/mol. The van der Waals surface area contributed by atoms with Crippen molar-refractivity contribution in [1.82, 2.24) is 14.8 Å². The number of ether oxygens (including phenoxy) is 2. The Morgan fingerprint density at radius 2 is 1.88 bits per heavy atom. The maximum atomic E-state index is 12.5. The second kappa shape index (κ2) is 8.43. The molecule has 8 nitrogen and oxygen atoms in total. The zero-order valence-electron chi connectivity index (χ0n) is 17.2. The van der Waals surface area contributed by atoms with E-state index in [9.17, 15) is 9.90 Å². The number of nitrogens with zero attached hydrogens (tertiary/aromatic N) is 3.